The lowest BCUT2D eigenvalue weighted by molar-refractivity contribution is -0.145. The zero-order valence-corrected chi connectivity index (χ0v) is 12.4. The highest BCUT2D eigenvalue weighted by molar-refractivity contribution is 7.91. The van der Waals surface area contributed by atoms with Crippen LogP contribution < -0.4 is 0 Å². The quantitative estimate of drug-likeness (QED) is 0.797. The van der Waals surface area contributed by atoms with Gasteiger partial charge in [-0.25, -0.2) is 8.42 Å². The van der Waals surface area contributed by atoms with Gasteiger partial charge in [-0.3, -0.25) is 4.79 Å². The number of carbonyl (C=O) groups is 1. The normalized spacial score (nSPS) is 12.6. The molecule has 0 heterocycles. The molecule has 4 nitrogen and oxygen atoms in total. The maximum Gasteiger partial charge on any atom is 0.303 e. The summed E-state index contributed by atoms with van der Waals surface area (Å²) in [7, 11) is -3.53. The van der Waals surface area contributed by atoms with Gasteiger partial charge in [0.15, 0.2) is 9.84 Å². The van der Waals surface area contributed by atoms with Crippen LogP contribution in [0.3, 0.4) is 0 Å². The molecule has 0 aromatic heterocycles. The lowest BCUT2D eigenvalue weighted by Crippen LogP contribution is -2.19. The van der Waals surface area contributed by atoms with Gasteiger partial charge in [-0.1, -0.05) is 48.5 Å². The van der Waals surface area contributed by atoms with Crippen molar-refractivity contribution in [2.45, 2.75) is 17.9 Å². The van der Waals surface area contributed by atoms with Crippen LogP contribution in [0.2, 0.25) is 0 Å². The number of hydrogen-bond donors (Lipinski definition) is 0. The van der Waals surface area contributed by atoms with Crippen molar-refractivity contribution in [1.82, 2.24) is 0 Å². The topological polar surface area (TPSA) is 60.4 Å². The minimum atomic E-state index is -3.53. The van der Waals surface area contributed by atoms with E-state index in [9.17, 15) is 13.2 Å². The largest absolute Gasteiger partial charge is 0.457 e. The maximum atomic E-state index is 12.4. The summed E-state index contributed by atoms with van der Waals surface area (Å²) < 4.78 is 30.0. The predicted octanol–water partition coefficient (Wildman–Crippen LogP) is 2.76. The van der Waals surface area contributed by atoms with Crippen molar-refractivity contribution in [3.8, 4) is 0 Å². The van der Waals surface area contributed by atoms with E-state index in [2.05, 4.69) is 0 Å². The molecule has 0 radical (unpaired) electrons. The maximum absolute atomic E-state index is 12.4. The average molecular weight is 304 g/mol. The highest BCUT2D eigenvalue weighted by atomic mass is 32.2. The molecule has 2 aromatic rings. The number of esters is 1. The fourth-order valence-corrected chi connectivity index (χ4v) is 3.41. The number of sulfone groups is 1. The summed E-state index contributed by atoms with van der Waals surface area (Å²) in [5.41, 5.74) is 0.659. The molecular formula is C16H16O4S. The lowest BCUT2D eigenvalue weighted by atomic mass is 10.1. The van der Waals surface area contributed by atoms with Crippen molar-refractivity contribution in [3.05, 3.63) is 66.2 Å². The van der Waals surface area contributed by atoms with Crippen molar-refractivity contribution >= 4 is 15.8 Å². The first-order chi connectivity index (χ1) is 9.99. The van der Waals surface area contributed by atoms with Crippen LogP contribution in [0.4, 0.5) is 0 Å². The molecule has 2 aromatic carbocycles. The molecule has 0 N–H and O–H groups in total. The van der Waals surface area contributed by atoms with Crippen LogP contribution in [-0.4, -0.2) is 20.1 Å². The number of benzene rings is 2. The van der Waals surface area contributed by atoms with E-state index < -0.39 is 21.9 Å². The molecule has 0 amide bonds. The molecule has 0 aliphatic heterocycles. The Morgan fingerprint density at radius 2 is 1.52 bits per heavy atom. The van der Waals surface area contributed by atoms with Crippen LogP contribution in [0.1, 0.15) is 18.6 Å². The molecular weight excluding hydrogens is 288 g/mol. The molecule has 2 rings (SSSR count). The molecule has 0 saturated heterocycles. The fraction of sp³-hybridized carbons (Fsp3) is 0.188. The Bertz CT molecular complexity index is 694. The van der Waals surface area contributed by atoms with Crippen molar-refractivity contribution in [2.75, 3.05) is 5.75 Å². The minimum absolute atomic E-state index is 0.220. The Morgan fingerprint density at radius 1 is 1.00 bits per heavy atom. The molecule has 0 aliphatic carbocycles. The van der Waals surface area contributed by atoms with E-state index in [-0.39, 0.29) is 10.6 Å². The Hall–Kier alpha value is -2.14. The molecule has 0 saturated carbocycles. The smallest absolute Gasteiger partial charge is 0.303 e. The molecule has 0 fully saturated rings. The Balaban J connectivity index is 2.29. The second-order valence-electron chi connectivity index (χ2n) is 4.60. The van der Waals surface area contributed by atoms with Crippen LogP contribution in [-0.2, 0) is 19.4 Å². The standard InChI is InChI=1S/C16H16O4S/c1-13(17)20-16(14-8-4-2-5-9-14)12-21(18,19)15-10-6-3-7-11-15/h2-11,16H,12H2,1H3. The second-order valence-corrected chi connectivity index (χ2v) is 6.64. The monoisotopic (exact) mass is 304 g/mol. The summed E-state index contributed by atoms with van der Waals surface area (Å²) in [4.78, 5) is 11.5. The third kappa shape index (κ3) is 4.16. The number of hydrogen-bond acceptors (Lipinski definition) is 4. The van der Waals surface area contributed by atoms with Crippen LogP contribution >= 0.6 is 0 Å². The zero-order valence-electron chi connectivity index (χ0n) is 11.6. The molecule has 1 unspecified atom stereocenters. The first kappa shape index (κ1) is 15.3. The van der Waals surface area contributed by atoms with Crippen molar-refractivity contribution in [1.29, 1.82) is 0 Å². The molecule has 21 heavy (non-hydrogen) atoms. The third-order valence-electron chi connectivity index (χ3n) is 2.95. The van der Waals surface area contributed by atoms with Gasteiger partial charge in [0.25, 0.3) is 0 Å². The van der Waals surface area contributed by atoms with Gasteiger partial charge in [-0.2, -0.15) is 0 Å². The summed E-state index contributed by atoms with van der Waals surface area (Å²) >= 11 is 0. The predicted molar refractivity (Wildman–Crippen MR) is 79.4 cm³/mol. The Morgan fingerprint density at radius 3 is 2.05 bits per heavy atom. The van der Waals surface area contributed by atoms with Crippen LogP contribution in [0, 0.1) is 0 Å². The van der Waals surface area contributed by atoms with Gasteiger partial charge in [-0.15, -0.1) is 0 Å². The molecule has 0 aliphatic rings. The first-order valence-electron chi connectivity index (χ1n) is 6.49. The second kappa shape index (κ2) is 6.54. The van der Waals surface area contributed by atoms with Crippen molar-refractivity contribution in [3.63, 3.8) is 0 Å². The van der Waals surface area contributed by atoms with Gasteiger partial charge in [0.2, 0.25) is 0 Å². The van der Waals surface area contributed by atoms with E-state index in [0.29, 0.717) is 5.56 Å². The number of ether oxygens (including phenoxy) is 1. The summed E-state index contributed by atoms with van der Waals surface area (Å²) in [6.45, 7) is 1.27. The van der Waals surface area contributed by atoms with Gasteiger partial charge in [0, 0.05) is 6.92 Å². The van der Waals surface area contributed by atoms with E-state index >= 15 is 0 Å². The van der Waals surface area contributed by atoms with E-state index in [0.717, 1.165) is 0 Å². The average Bonchev–Trinajstić information content (AvgIpc) is 2.48. The van der Waals surface area contributed by atoms with Gasteiger partial charge in [-0.05, 0) is 17.7 Å². The van der Waals surface area contributed by atoms with Gasteiger partial charge in [0.05, 0.1) is 10.6 Å². The highest BCUT2D eigenvalue weighted by Crippen LogP contribution is 2.23. The Labute approximate surface area is 124 Å². The lowest BCUT2D eigenvalue weighted by Gasteiger charge is -2.17. The van der Waals surface area contributed by atoms with Crippen LogP contribution in [0.25, 0.3) is 0 Å². The van der Waals surface area contributed by atoms with E-state index in [1.54, 1.807) is 42.5 Å². The van der Waals surface area contributed by atoms with Crippen molar-refractivity contribution in [2.24, 2.45) is 0 Å². The fourth-order valence-electron chi connectivity index (χ4n) is 1.99. The first-order valence-corrected chi connectivity index (χ1v) is 8.14. The third-order valence-corrected chi connectivity index (χ3v) is 4.68. The molecule has 1 atom stereocenters. The zero-order chi connectivity index (χ0) is 15.3. The van der Waals surface area contributed by atoms with Crippen LogP contribution in [0.15, 0.2) is 65.6 Å². The van der Waals surface area contributed by atoms with Gasteiger partial charge in [0.1, 0.15) is 6.10 Å². The van der Waals surface area contributed by atoms with Gasteiger partial charge < -0.3 is 4.74 Å². The number of carbonyl (C=O) groups excluding carboxylic acids is 1. The summed E-state index contributed by atoms with van der Waals surface area (Å²) in [5.74, 6) is -0.784. The molecule has 5 heteroatoms. The highest BCUT2D eigenvalue weighted by Gasteiger charge is 2.24. The van der Waals surface area contributed by atoms with Gasteiger partial charge >= 0.3 is 5.97 Å². The molecule has 0 spiro atoms. The van der Waals surface area contributed by atoms with Crippen molar-refractivity contribution < 1.29 is 17.9 Å². The van der Waals surface area contributed by atoms with E-state index in [1.807, 2.05) is 6.07 Å². The SMILES string of the molecule is CC(=O)OC(CS(=O)(=O)c1ccccc1)c1ccccc1. The van der Waals surface area contributed by atoms with E-state index in [4.69, 9.17) is 4.74 Å². The summed E-state index contributed by atoms with van der Waals surface area (Å²) in [6, 6.07) is 17.0. The minimum Gasteiger partial charge on any atom is -0.457 e. The Kier molecular flexibility index (Phi) is 4.75. The molecule has 110 valence electrons. The van der Waals surface area contributed by atoms with E-state index in [1.165, 1.54) is 19.1 Å². The number of rotatable bonds is 5. The molecule has 0 bridgehead atoms. The van der Waals surface area contributed by atoms with Crippen LogP contribution in [0.5, 0.6) is 0 Å². The summed E-state index contributed by atoms with van der Waals surface area (Å²) in [6.07, 6.45) is -0.811. The summed E-state index contributed by atoms with van der Waals surface area (Å²) in [5, 5.41) is 0.